The Labute approximate surface area is 181 Å². The van der Waals surface area contributed by atoms with Gasteiger partial charge in [0, 0.05) is 29.8 Å². The first kappa shape index (κ1) is 21.4. The third-order valence-corrected chi connectivity index (χ3v) is 6.53. The number of rotatable bonds is 4. The molecule has 0 saturated carbocycles. The van der Waals surface area contributed by atoms with Gasteiger partial charge in [0.25, 0.3) is 0 Å². The SMILES string of the molecule is Cc1cc(NC(=O)N2CCC[C@](C)(C(=O)NCc3ccccc3C)C2)ccc1Br. The first-order chi connectivity index (χ1) is 13.8. The van der Waals surface area contributed by atoms with Crippen molar-refractivity contribution in [3.8, 4) is 0 Å². The molecule has 0 bridgehead atoms. The quantitative estimate of drug-likeness (QED) is 0.676. The summed E-state index contributed by atoms with van der Waals surface area (Å²) in [7, 11) is 0. The van der Waals surface area contributed by atoms with Crippen LogP contribution in [0.2, 0.25) is 0 Å². The van der Waals surface area contributed by atoms with Crippen molar-refractivity contribution in [2.75, 3.05) is 18.4 Å². The fourth-order valence-electron chi connectivity index (χ4n) is 3.72. The van der Waals surface area contributed by atoms with E-state index in [1.54, 1.807) is 4.90 Å². The molecule has 0 spiro atoms. The van der Waals surface area contributed by atoms with Gasteiger partial charge in [0.1, 0.15) is 0 Å². The highest BCUT2D eigenvalue weighted by atomic mass is 79.9. The minimum absolute atomic E-state index is 0.00209. The molecule has 2 N–H and O–H groups in total. The molecule has 1 aliphatic heterocycles. The lowest BCUT2D eigenvalue weighted by atomic mass is 9.81. The Hall–Kier alpha value is -2.34. The van der Waals surface area contributed by atoms with Crippen LogP contribution in [0.25, 0.3) is 0 Å². The van der Waals surface area contributed by atoms with E-state index in [1.807, 2.05) is 63.2 Å². The summed E-state index contributed by atoms with van der Waals surface area (Å²) in [6.07, 6.45) is 1.58. The smallest absolute Gasteiger partial charge is 0.321 e. The van der Waals surface area contributed by atoms with Crippen molar-refractivity contribution in [3.05, 3.63) is 63.6 Å². The van der Waals surface area contributed by atoms with E-state index < -0.39 is 5.41 Å². The second-order valence-corrected chi connectivity index (χ2v) is 8.94. The van der Waals surface area contributed by atoms with Crippen LogP contribution < -0.4 is 10.6 Å². The van der Waals surface area contributed by atoms with Crippen LogP contribution in [0.4, 0.5) is 10.5 Å². The number of nitrogens with one attached hydrogen (secondary N) is 2. The van der Waals surface area contributed by atoms with Gasteiger partial charge in [0.2, 0.25) is 5.91 Å². The summed E-state index contributed by atoms with van der Waals surface area (Å²) in [6.45, 7) is 7.54. The zero-order chi connectivity index (χ0) is 21.0. The Morgan fingerprint density at radius 1 is 1.14 bits per heavy atom. The number of benzene rings is 2. The van der Waals surface area contributed by atoms with E-state index in [2.05, 4.69) is 26.6 Å². The Balaban J connectivity index is 1.61. The highest BCUT2D eigenvalue weighted by Crippen LogP contribution is 2.30. The van der Waals surface area contributed by atoms with Crippen molar-refractivity contribution < 1.29 is 9.59 Å². The van der Waals surface area contributed by atoms with Gasteiger partial charge in [0.15, 0.2) is 0 Å². The normalized spacial score (nSPS) is 19.0. The van der Waals surface area contributed by atoms with Crippen LogP contribution in [0.5, 0.6) is 0 Å². The van der Waals surface area contributed by atoms with Gasteiger partial charge in [-0.05, 0) is 68.5 Å². The lowest BCUT2D eigenvalue weighted by molar-refractivity contribution is -0.132. The van der Waals surface area contributed by atoms with E-state index in [0.717, 1.165) is 39.7 Å². The fourth-order valence-corrected chi connectivity index (χ4v) is 3.97. The molecule has 1 saturated heterocycles. The van der Waals surface area contributed by atoms with E-state index in [9.17, 15) is 9.59 Å². The molecular formula is C23H28BrN3O2. The molecule has 3 amide bonds. The number of urea groups is 1. The molecule has 6 heteroatoms. The molecule has 0 unspecified atom stereocenters. The molecule has 3 rings (SSSR count). The standard InChI is InChI=1S/C23H28BrN3O2/c1-16-7-4-5-8-18(16)14-25-21(28)23(3)11-6-12-27(15-23)22(29)26-19-9-10-20(24)17(2)13-19/h4-5,7-10,13H,6,11-12,14-15H2,1-3H3,(H,25,28)(H,26,29)/t23-/m0/s1. The summed E-state index contributed by atoms with van der Waals surface area (Å²) in [5, 5.41) is 6.03. The summed E-state index contributed by atoms with van der Waals surface area (Å²) in [6, 6.07) is 13.6. The summed E-state index contributed by atoms with van der Waals surface area (Å²) in [5.41, 5.74) is 3.50. The monoisotopic (exact) mass is 457 g/mol. The van der Waals surface area contributed by atoms with E-state index in [0.29, 0.717) is 19.6 Å². The minimum atomic E-state index is -0.589. The van der Waals surface area contributed by atoms with E-state index in [4.69, 9.17) is 0 Å². The first-order valence-electron chi connectivity index (χ1n) is 9.93. The topological polar surface area (TPSA) is 61.4 Å². The highest BCUT2D eigenvalue weighted by Gasteiger charge is 2.39. The third kappa shape index (κ3) is 5.18. The lowest BCUT2D eigenvalue weighted by Crippen LogP contribution is -2.52. The fraction of sp³-hybridized carbons (Fsp3) is 0.391. The molecule has 29 heavy (non-hydrogen) atoms. The van der Waals surface area contributed by atoms with Crippen LogP contribution in [0.3, 0.4) is 0 Å². The van der Waals surface area contributed by atoms with Crippen molar-refractivity contribution >= 4 is 33.6 Å². The van der Waals surface area contributed by atoms with Gasteiger partial charge >= 0.3 is 6.03 Å². The molecule has 154 valence electrons. The average molecular weight is 458 g/mol. The second-order valence-electron chi connectivity index (χ2n) is 8.09. The molecule has 1 heterocycles. The molecule has 2 aromatic rings. The molecule has 2 aromatic carbocycles. The Morgan fingerprint density at radius 3 is 2.62 bits per heavy atom. The van der Waals surface area contributed by atoms with Gasteiger partial charge < -0.3 is 15.5 Å². The molecule has 1 atom stereocenters. The number of nitrogens with zero attached hydrogens (tertiary/aromatic N) is 1. The molecule has 0 aliphatic carbocycles. The summed E-state index contributed by atoms with van der Waals surface area (Å²) < 4.78 is 1.01. The van der Waals surface area contributed by atoms with Crippen molar-refractivity contribution in [1.29, 1.82) is 0 Å². The summed E-state index contributed by atoms with van der Waals surface area (Å²) in [4.78, 5) is 27.5. The van der Waals surface area contributed by atoms with Crippen molar-refractivity contribution in [2.45, 2.75) is 40.2 Å². The lowest BCUT2D eigenvalue weighted by Gasteiger charge is -2.39. The Kier molecular flexibility index (Phi) is 6.63. The van der Waals surface area contributed by atoms with E-state index in [1.165, 1.54) is 0 Å². The Morgan fingerprint density at radius 2 is 1.90 bits per heavy atom. The Bertz CT molecular complexity index is 915. The predicted octanol–water partition coefficient (Wildman–Crippen LogP) is 5.02. The number of carbonyl (C=O) groups is 2. The molecule has 5 nitrogen and oxygen atoms in total. The van der Waals surface area contributed by atoms with Crippen LogP contribution in [-0.2, 0) is 11.3 Å². The summed E-state index contributed by atoms with van der Waals surface area (Å²) in [5.74, 6) is -0.00209. The maximum atomic E-state index is 12.9. The minimum Gasteiger partial charge on any atom is -0.351 e. The van der Waals surface area contributed by atoms with Crippen LogP contribution >= 0.6 is 15.9 Å². The number of carbonyl (C=O) groups excluding carboxylic acids is 2. The average Bonchev–Trinajstić information content (AvgIpc) is 2.70. The first-order valence-corrected chi connectivity index (χ1v) is 10.7. The molecule has 1 aliphatic rings. The second kappa shape index (κ2) is 8.99. The van der Waals surface area contributed by atoms with Gasteiger partial charge in [-0.1, -0.05) is 40.2 Å². The van der Waals surface area contributed by atoms with Crippen LogP contribution in [0, 0.1) is 19.3 Å². The molecule has 0 radical (unpaired) electrons. The van der Waals surface area contributed by atoms with Gasteiger partial charge in [-0.3, -0.25) is 4.79 Å². The molecule has 1 fully saturated rings. The van der Waals surface area contributed by atoms with E-state index >= 15 is 0 Å². The number of amides is 3. The molecule has 0 aromatic heterocycles. The van der Waals surface area contributed by atoms with Crippen molar-refractivity contribution in [2.24, 2.45) is 5.41 Å². The number of likely N-dealkylation sites (tertiary alicyclic amines) is 1. The predicted molar refractivity (Wildman–Crippen MR) is 120 cm³/mol. The van der Waals surface area contributed by atoms with Crippen molar-refractivity contribution in [3.63, 3.8) is 0 Å². The number of halogens is 1. The van der Waals surface area contributed by atoms with Gasteiger partial charge in [0.05, 0.1) is 5.41 Å². The zero-order valence-electron chi connectivity index (χ0n) is 17.2. The largest absolute Gasteiger partial charge is 0.351 e. The van der Waals surface area contributed by atoms with Gasteiger partial charge in [-0.2, -0.15) is 0 Å². The number of aryl methyl sites for hydroxylation is 2. The van der Waals surface area contributed by atoms with E-state index in [-0.39, 0.29) is 11.9 Å². The number of piperidine rings is 1. The third-order valence-electron chi connectivity index (χ3n) is 5.64. The number of hydrogen-bond acceptors (Lipinski definition) is 2. The number of hydrogen-bond donors (Lipinski definition) is 2. The van der Waals surface area contributed by atoms with Crippen LogP contribution in [-0.4, -0.2) is 29.9 Å². The highest BCUT2D eigenvalue weighted by molar-refractivity contribution is 9.10. The van der Waals surface area contributed by atoms with Crippen LogP contribution in [0.15, 0.2) is 46.9 Å². The van der Waals surface area contributed by atoms with Gasteiger partial charge in [-0.15, -0.1) is 0 Å². The van der Waals surface area contributed by atoms with Crippen LogP contribution in [0.1, 0.15) is 36.5 Å². The maximum Gasteiger partial charge on any atom is 0.321 e. The summed E-state index contributed by atoms with van der Waals surface area (Å²) >= 11 is 3.47. The van der Waals surface area contributed by atoms with Crippen molar-refractivity contribution in [1.82, 2.24) is 10.2 Å². The molecular weight excluding hydrogens is 430 g/mol. The van der Waals surface area contributed by atoms with Gasteiger partial charge in [-0.25, -0.2) is 4.79 Å². The number of anilines is 1. The zero-order valence-corrected chi connectivity index (χ0v) is 18.8. The maximum absolute atomic E-state index is 12.9.